The number of ketones is 1. The summed E-state index contributed by atoms with van der Waals surface area (Å²) in [7, 11) is 0. The van der Waals surface area contributed by atoms with Gasteiger partial charge in [-0.3, -0.25) is 9.59 Å². The Labute approximate surface area is 105 Å². The van der Waals surface area contributed by atoms with Crippen LogP contribution in [0, 0.1) is 11.8 Å². The number of Topliss-reactive ketones (excluding diaryl/α,β-unsaturated/α-hetero) is 1. The van der Waals surface area contributed by atoms with E-state index in [0.717, 1.165) is 25.7 Å². The molecule has 0 bridgehead atoms. The lowest BCUT2D eigenvalue weighted by atomic mass is 9.83. The van der Waals surface area contributed by atoms with Crippen molar-refractivity contribution in [2.24, 2.45) is 11.8 Å². The van der Waals surface area contributed by atoms with Crippen molar-refractivity contribution in [3.63, 3.8) is 0 Å². The lowest BCUT2D eigenvalue weighted by molar-refractivity contribution is -0.156. The predicted molar refractivity (Wildman–Crippen MR) is 68.7 cm³/mol. The Morgan fingerprint density at radius 1 is 1.00 bits per heavy atom. The molecule has 3 nitrogen and oxygen atoms in total. The largest absolute Gasteiger partial charge is 0.463 e. The maximum Gasteiger partial charge on any atom is 0.309 e. The molecule has 2 unspecified atom stereocenters. The summed E-state index contributed by atoms with van der Waals surface area (Å²) in [4.78, 5) is 23.6. The maximum absolute atomic E-state index is 12.0. The van der Waals surface area contributed by atoms with Gasteiger partial charge in [-0.1, -0.05) is 26.7 Å². The van der Waals surface area contributed by atoms with Gasteiger partial charge in [0.25, 0.3) is 0 Å². The SMILES string of the molecule is CCCC(C(C)=O)C(CCC)C(=O)OC(C)C. The summed E-state index contributed by atoms with van der Waals surface area (Å²) in [6.45, 7) is 9.31. The maximum atomic E-state index is 12.0. The molecule has 100 valence electrons. The van der Waals surface area contributed by atoms with Crippen LogP contribution in [0.4, 0.5) is 0 Å². The van der Waals surface area contributed by atoms with Gasteiger partial charge in [0, 0.05) is 5.92 Å². The minimum Gasteiger partial charge on any atom is -0.463 e. The minimum atomic E-state index is -0.264. The van der Waals surface area contributed by atoms with E-state index in [1.165, 1.54) is 0 Å². The van der Waals surface area contributed by atoms with E-state index in [1.54, 1.807) is 6.92 Å². The van der Waals surface area contributed by atoms with Crippen molar-refractivity contribution >= 4 is 11.8 Å². The Bertz CT molecular complexity index is 246. The molecule has 0 saturated heterocycles. The average Bonchev–Trinajstić information content (AvgIpc) is 2.21. The average molecular weight is 242 g/mol. The smallest absolute Gasteiger partial charge is 0.309 e. The van der Waals surface area contributed by atoms with Crippen LogP contribution in [0.1, 0.15) is 60.3 Å². The van der Waals surface area contributed by atoms with Crippen LogP contribution in [-0.2, 0) is 14.3 Å². The summed E-state index contributed by atoms with van der Waals surface area (Å²) >= 11 is 0. The second-order valence-corrected chi connectivity index (χ2v) is 4.89. The summed E-state index contributed by atoms with van der Waals surface area (Å²) in [5, 5.41) is 0. The first-order valence-corrected chi connectivity index (χ1v) is 6.64. The number of hydrogen-bond acceptors (Lipinski definition) is 3. The van der Waals surface area contributed by atoms with Gasteiger partial charge in [-0.05, 0) is 33.6 Å². The zero-order valence-electron chi connectivity index (χ0n) is 11.8. The number of ether oxygens (including phenoxy) is 1. The number of esters is 1. The van der Waals surface area contributed by atoms with Crippen molar-refractivity contribution < 1.29 is 14.3 Å². The standard InChI is InChI=1S/C14H26O3/c1-6-8-12(11(5)15)13(9-7-2)14(16)17-10(3)4/h10,12-13H,6-9H2,1-5H3. The van der Waals surface area contributed by atoms with Crippen molar-refractivity contribution in [3.05, 3.63) is 0 Å². The van der Waals surface area contributed by atoms with Crippen LogP contribution in [0.25, 0.3) is 0 Å². The van der Waals surface area contributed by atoms with Crippen LogP contribution in [0.5, 0.6) is 0 Å². The number of hydrogen-bond donors (Lipinski definition) is 0. The second-order valence-electron chi connectivity index (χ2n) is 4.89. The molecule has 0 aromatic rings. The molecule has 0 amide bonds. The molecular weight excluding hydrogens is 216 g/mol. The van der Waals surface area contributed by atoms with Gasteiger partial charge in [0.1, 0.15) is 5.78 Å². The molecule has 0 saturated carbocycles. The fourth-order valence-electron chi connectivity index (χ4n) is 2.11. The first-order chi connectivity index (χ1) is 7.93. The lowest BCUT2D eigenvalue weighted by Crippen LogP contribution is -2.31. The Kier molecular flexibility index (Phi) is 7.85. The van der Waals surface area contributed by atoms with E-state index in [4.69, 9.17) is 4.74 Å². The molecule has 0 fully saturated rings. The molecule has 0 aliphatic heterocycles. The molecule has 0 heterocycles. The van der Waals surface area contributed by atoms with E-state index in [1.807, 2.05) is 27.7 Å². The van der Waals surface area contributed by atoms with Gasteiger partial charge in [-0.2, -0.15) is 0 Å². The third kappa shape index (κ3) is 5.85. The third-order valence-corrected chi connectivity index (χ3v) is 2.86. The Morgan fingerprint density at radius 2 is 1.47 bits per heavy atom. The van der Waals surface area contributed by atoms with Crippen molar-refractivity contribution in [2.75, 3.05) is 0 Å². The molecule has 0 radical (unpaired) electrons. The van der Waals surface area contributed by atoms with Crippen LogP contribution in [0.2, 0.25) is 0 Å². The van der Waals surface area contributed by atoms with Crippen LogP contribution in [0.15, 0.2) is 0 Å². The van der Waals surface area contributed by atoms with Crippen LogP contribution in [0.3, 0.4) is 0 Å². The molecule has 2 atom stereocenters. The van der Waals surface area contributed by atoms with Crippen molar-refractivity contribution in [1.29, 1.82) is 0 Å². The zero-order valence-corrected chi connectivity index (χ0v) is 11.8. The molecule has 0 aliphatic carbocycles. The normalized spacial score (nSPS) is 14.5. The van der Waals surface area contributed by atoms with Crippen molar-refractivity contribution in [2.45, 2.75) is 66.4 Å². The summed E-state index contributed by atoms with van der Waals surface area (Å²) in [6.07, 6.45) is 3.20. The van der Waals surface area contributed by atoms with E-state index in [2.05, 4.69) is 0 Å². The molecule has 0 rings (SSSR count). The fraction of sp³-hybridized carbons (Fsp3) is 0.857. The Hall–Kier alpha value is -0.860. The van der Waals surface area contributed by atoms with E-state index in [0.29, 0.717) is 0 Å². The van der Waals surface area contributed by atoms with Gasteiger partial charge in [0.15, 0.2) is 0 Å². The van der Waals surface area contributed by atoms with Gasteiger partial charge in [0.05, 0.1) is 12.0 Å². The monoisotopic (exact) mass is 242 g/mol. The molecule has 0 aromatic carbocycles. The molecule has 0 spiro atoms. The Balaban J connectivity index is 4.77. The number of carbonyl (C=O) groups excluding carboxylic acids is 2. The van der Waals surface area contributed by atoms with Crippen molar-refractivity contribution in [3.8, 4) is 0 Å². The highest BCUT2D eigenvalue weighted by Gasteiger charge is 2.31. The highest BCUT2D eigenvalue weighted by atomic mass is 16.5. The van der Waals surface area contributed by atoms with E-state index in [-0.39, 0.29) is 29.7 Å². The zero-order chi connectivity index (χ0) is 13.4. The molecule has 17 heavy (non-hydrogen) atoms. The van der Waals surface area contributed by atoms with Crippen LogP contribution in [-0.4, -0.2) is 17.9 Å². The molecule has 0 aliphatic rings. The number of rotatable bonds is 8. The molecule has 3 heteroatoms. The van der Waals surface area contributed by atoms with E-state index >= 15 is 0 Å². The molecular formula is C14H26O3. The topological polar surface area (TPSA) is 43.4 Å². The first kappa shape index (κ1) is 16.1. The minimum absolute atomic E-state index is 0.103. The van der Waals surface area contributed by atoms with Gasteiger partial charge in [-0.15, -0.1) is 0 Å². The second kappa shape index (κ2) is 8.26. The third-order valence-electron chi connectivity index (χ3n) is 2.86. The summed E-state index contributed by atoms with van der Waals surface area (Å²) < 4.78 is 5.25. The lowest BCUT2D eigenvalue weighted by Gasteiger charge is -2.24. The number of carbonyl (C=O) groups is 2. The van der Waals surface area contributed by atoms with E-state index < -0.39 is 0 Å². The van der Waals surface area contributed by atoms with Gasteiger partial charge in [0.2, 0.25) is 0 Å². The van der Waals surface area contributed by atoms with E-state index in [9.17, 15) is 9.59 Å². The highest BCUT2D eigenvalue weighted by molar-refractivity contribution is 5.85. The summed E-state index contributed by atoms with van der Waals surface area (Å²) in [6, 6.07) is 0. The summed E-state index contributed by atoms with van der Waals surface area (Å²) in [5.74, 6) is -0.549. The van der Waals surface area contributed by atoms with Crippen LogP contribution >= 0.6 is 0 Å². The Morgan fingerprint density at radius 3 is 1.82 bits per heavy atom. The van der Waals surface area contributed by atoms with Crippen molar-refractivity contribution in [1.82, 2.24) is 0 Å². The summed E-state index contributed by atoms with van der Waals surface area (Å²) in [5.41, 5.74) is 0. The van der Waals surface area contributed by atoms with Crippen LogP contribution < -0.4 is 0 Å². The van der Waals surface area contributed by atoms with Gasteiger partial charge < -0.3 is 4.74 Å². The van der Waals surface area contributed by atoms with Gasteiger partial charge in [-0.25, -0.2) is 0 Å². The first-order valence-electron chi connectivity index (χ1n) is 6.64. The molecule has 0 aromatic heterocycles. The highest BCUT2D eigenvalue weighted by Crippen LogP contribution is 2.25. The van der Waals surface area contributed by atoms with Gasteiger partial charge >= 0.3 is 5.97 Å². The fourth-order valence-corrected chi connectivity index (χ4v) is 2.11. The predicted octanol–water partition coefficient (Wildman–Crippen LogP) is 3.36. The molecule has 0 N–H and O–H groups in total. The quantitative estimate of drug-likeness (QED) is 0.613.